The predicted molar refractivity (Wildman–Crippen MR) is 148 cm³/mol. The minimum atomic E-state index is 0.0494. The van der Waals surface area contributed by atoms with Crippen LogP contribution in [0.3, 0.4) is 0 Å². The van der Waals surface area contributed by atoms with Crippen molar-refractivity contribution < 1.29 is 0 Å². The van der Waals surface area contributed by atoms with E-state index in [9.17, 15) is 0 Å². The first kappa shape index (κ1) is 24.6. The molecule has 2 aromatic carbocycles. The lowest BCUT2D eigenvalue weighted by Crippen LogP contribution is -2.56. The Hall–Kier alpha value is -3.13. The van der Waals surface area contributed by atoms with Gasteiger partial charge in [0.2, 0.25) is 0 Å². The summed E-state index contributed by atoms with van der Waals surface area (Å²) in [6.07, 6.45) is 8.32. The molecule has 10 N–H and O–H groups in total. The van der Waals surface area contributed by atoms with Crippen LogP contribution in [0.15, 0.2) is 60.7 Å². The molecule has 1 aromatic heterocycles. The van der Waals surface area contributed by atoms with Crippen molar-refractivity contribution in [3.05, 3.63) is 82.9 Å². The molecule has 0 radical (unpaired) electrons. The van der Waals surface area contributed by atoms with Gasteiger partial charge in [-0.05, 0) is 85.2 Å². The largest absolute Gasteiger partial charge is 0.395 e. The summed E-state index contributed by atoms with van der Waals surface area (Å²) < 4.78 is 0. The number of pyridine rings is 1. The number of aromatic nitrogens is 1. The lowest BCUT2D eigenvalue weighted by molar-refractivity contribution is 0.0770. The molecule has 0 saturated heterocycles. The van der Waals surface area contributed by atoms with Crippen LogP contribution in [-0.4, -0.2) is 17.1 Å². The molecule has 1 heterocycles. The van der Waals surface area contributed by atoms with Crippen LogP contribution in [0, 0.1) is 0 Å². The van der Waals surface area contributed by atoms with Gasteiger partial charge in [-0.3, -0.25) is 0 Å². The van der Waals surface area contributed by atoms with Gasteiger partial charge in [0.25, 0.3) is 0 Å². The topological polar surface area (TPSA) is 141 Å². The Morgan fingerprint density at radius 2 is 1.61 bits per heavy atom. The maximum absolute atomic E-state index is 6.51. The van der Waals surface area contributed by atoms with Crippen LogP contribution >= 0.6 is 0 Å². The third kappa shape index (κ3) is 4.66. The monoisotopic (exact) mass is 485 g/mol. The van der Waals surface area contributed by atoms with Gasteiger partial charge in [0.15, 0.2) is 5.82 Å². The highest BCUT2D eigenvalue weighted by Crippen LogP contribution is 2.53. The van der Waals surface area contributed by atoms with Gasteiger partial charge in [-0.1, -0.05) is 54.6 Å². The zero-order valence-corrected chi connectivity index (χ0v) is 21.0. The highest BCUT2D eigenvalue weighted by atomic mass is 15.3. The molecule has 3 aliphatic carbocycles. The number of benzene rings is 2. The third-order valence-electron chi connectivity index (χ3n) is 8.78. The Balaban J connectivity index is 1.34. The van der Waals surface area contributed by atoms with Gasteiger partial charge in [-0.15, -0.1) is 0 Å². The summed E-state index contributed by atoms with van der Waals surface area (Å²) in [4.78, 5) is 4.26. The summed E-state index contributed by atoms with van der Waals surface area (Å²) in [5, 5.41) is 4.00. The van der Waals surface area contributed by atoms with Crippen molar-refractivity contribution in [1.29, 1.82) is 0 Å². The minimum absolute atomic E-state index is 0.0494. The van der Waals surface area contributed by atoms with E-state index in [4.69, 9.17) is 23.0 Å². The lowest BCUT2D eigenvalue weighted by atomic mass is 9.55. The third-order valence-corrected chi connectivity index (χ3v) is 8.78. The molecule has 1 atom stereocenters. The molecule has 3 aromatic rings. The van der Waals surface area contributed by atoms with Crippen LogP contribution in [0.5, 0.6) is 0 Å². The maximum Gasteiger partial charge on any atom is 0.165 e. The van der Waals surface area contributed by atoms with Gasteiger partial charge in [0, 0.05) is 18.0 Å². The highest BCUT2D eigenvalue weighted by Gasteiger charge is 2.48. The quantitative estimate of drug-likeness (QED) is 0.198. The second-order valence-electron chi connectivity index (χ2n) is 10.7. The highest BCUT2D eigenvalue weighted by molar-refractivity contribution is 5.70. The Kier molecular flexibility index (Phi) is 6.88. The smallest absolute Gasteiger partial charge is 0.165 e. The fourth-order valence-electron chi connectivity index (χ4n) is 6.59. The molecule has 3 fully saturated rings. The van der Waals surface area contributed by atoms with Crippen LogP contribution < -0.4 is 33.8 Å². The number of hydrazine groups is 1. The van der Waals surface area contributed by atoms with E-state index in [-0.39, 0.29) is 11.5 Å². The van der Waals surface area contributed by atoms with Crippen LogP contribution in [0.1, 0.15) is 73.1 Å². The van der Waals surface area contributed by atoms with Crippen molar-refractivity contribution in [2.45, 2.75) is 68.4 Å². The molecule has 7 nitrogen and oxygen atoms in total. The van der Waals surface area contributed by atoms with Crippen molar-refractivity contribution >= 4 is 17.3 Å². The summed E-state index contributed by atoms with van der Waals surface area (Å²) in [7, 11) is 0. The number of anilines is 3. The Morgan fingerprint density at radius 1 is 0.889 bits per heavy atom. The first-order valence-corrected chi connectivity index (χ1v) is 13.1. The van der Waals surface area contributed by atoms with E-state index in [1.165, 1.54) is 49.7 Å². The van der Waals surface area contributed by atoms with Crippen LogP contribution in [0.2, 0.25) is 0 Å². The first-order chi connectivity index (χ1) is 17.5. The fraction of sp³-hybridized carbons (Fsp3) is 0.414. The second-order valence-corrected chi connectivity index (χ2v) is 10.7. The Labute approximate surface area is 214 Å². The first-order valence-electron chi connectivity index (χ1n) is 13.1. The summed E-state index contributed by atoms with van der Waals surface area (Å²) in [5.41, 5.74) is 27.1. The van der Waals surface area contributed by atoms with Gasteiger partial charge >= 0.3 is 0 Å². The van der Waals surface area contributed by atoms with Crippen molar-refractivity contribution in [2.75, 3.05) is 23.4 Å². The molecule has 190 valence electrons. The summed E-state index contributed by atoms with van der Waals surface area (Å²) >= 11 is 0. The Morgan fingerprint density at radius 3 is 2.28 bits per heavy atom. The zero-order valence-electron chi connectivity index (χ0n) is 21.0. The Bertz CT molecular complexity index is 1170. The standard InChI is InChI=1S/C29H39N7/c30-19-20-5-4-6-21(17-20)23(24-18-25(31)35-27(36-33)26(24)32)9-16-34-29-13-10-28(11-14-29,12-15-29)22-7-2-1-3-8-22/h1-8,17-18,23,34H,9-16,19,30,32-33H2,(H3,31,35,36). The molecular formula is C29H39N7. The zero-order chi connectivity index (χ0) is 25.2. The van der Waals surface area contributed by atoms with E-state index < -0.39 is 0 Å². The van der Waals surface area contributed by atoms with E-state index in [0.29, 0.717) is 29.3 Å². The van der Waals surface area contributed by atoms with E-state index >= 15 is 0 Å². The fourth-order valence-corrected chi connectivity index (χ4v) is 6.59. The number of nitrogens with zero attached hydrogens (tertiary/aromatic N) is 1. The van der Waals surface area contributed by atoms with Gasteiger partial charge in [-0.2, -0.15) is 0 Å². The molecule has 6 rings (SSSR count). The molecule has 0 aliphatic heterocycles. The SMILES string of the molecule is NCc1cccc(C(CCNC23CCC(c4ccccc4)(CC2)CC3)c2cc(N)nc(NN)c2N)c1. The van der Waals surface area contributed by atoms with E-state index in [1.54, 1.807) is 0 Å². The molecule has 0 amide bonds. The van der Waals surface area contributed by atoms with E-state index in [2.05, 4.69) is 70.3 Å². The number of fused-ring (bicyclic) bond motifs is 3. The maximum atomic E-state index is 6.51. The van der Waals surface area contributed by atoms with Gasteiger partial charge in [-0.25, -0.2) is 10.8 Å². The average molecular weight is 486 g/mol. The minimum Gasteiger partial charge on any atom is -0.395 e. The van der Waals surface area contributed by atoms with Crippen molar-refractivity contribution in [3.63, 3.8) is 0 Å². The molecule has 1 unspecified atom stereocenters. The van der Waals surface area contributed by atoms with Crippen LogP contribution in [-0.2, 0) is 12.0 Å². The normalized spacial score (nSPS) is 23.9. The van der Waals surface area contributed by atoms with Crippen molar-refractivity contribution in [1.82, 2.24) is 10.3 Å². The molecular weight excluding hydrogens is 446 g/mol. The van der Waals surface area contributed by atoms with Gasteiger partial charge in [0.05, 0.1) is 5.69 Å². The van der Waals surface area contributed by atoms with Crippen LogP contribution in [0.4, 0.5) is 17.3 Å². The van der Waals surface area contributed by atoms with Crippen molar-refractivity contribution in [3.8, 4) is 0 Å². The molecule has 3 aliphatic rings. The van der Waals surface area contributed by atoms with E-state index in [0.717, 1.165) is 24.1 Å². The molecule has 0 spiro atoms. The summed E-state index contributed by atoms with van der Waals surface area (Å²) in [5.74, 6) is 6.54. The number of nitrogen functional groups attached to an aromatic ring is 3. The number of nitrogens with two attached hydrogens (primary N) is 4. The predicted octanol–water partition coefficient (Wildman–Crippen LogP) is 4.15. The number of rotatable bonds is 9. The number of nitrogens with one attached hydrogen (secondary N) is 2. The molecule has 7 heteroatoms. The average Bonchev–Trinajstić information content (AvgIpc) is 2.94. The van der Waals surface area contributed by atoms with Crippen molar-refractivity contribution in [2.24, 2.45) is 11.6 Å². The van der Waals surface area contributed by atoms with E-state index in [1.807, 2.05) is 6.07 Å². The van der Waals surface area contributed by atoms with Gasteiger partial charge in [0.1, 0.15) is 5.82 Å². The second kappa shape index (κ2) is 10.1. The number of hydrogen-bond donors (Lipinski definition) is 6. The lowest BCUT2D eigenvalue weighted by Gasteiger charge is -2.54. The molecule has 2 bridgehead atoms. The molecule has 36 heavy (non-hydrogen) atoms. The number of hydrogen-bond acceptors (Lipinski definition) is 7. The van der Waals surface area contributed by atoms with Crippen LogP contribution in [0.25, 0.3) is 0 Å². The summed E-state index contributed by atoms with van der Waals surface area (Å²) in [6, 6.07) is 21.4. The molecule has 3 saturated carbocycles. The summed E-state index contributed by atoms with van der Waals surface area (Å²) in [6.45, 7) is 1.39. The van der Waals surface area contributed by atoms with Gasteiger partial charge < -0.3 is 27.9 Å².